The number of carbonyl (C=O) groups is 1. The molecule has 1 saturated heterocycles. The molecule has 1 amide bonds. The summed E-state index contributed by atoms with van der Waals surface area (Å²) in [5.41, 5.74) is 0.450. The summed E-state index contributed by atoms with van der Waals surface area (Å²) < 4.78 is 18.4. The van der Waals surface area contributed by atoms with E-state index in [1.54, 1.807) is 24.3 Å². The van der Waals surface area contributed by atoms with Crippen LogP contribution < -0.4 is 5.32 Å². The van der Waals surface area contributed by atoms with Gasteiger partial charge >= 0.3 is 0 Å². The third kappa shape index (κ3) is 4.21. The highest BCUT2D eigenvalue weighted by Crippen LogP contribution is 2.27. The first-order valence-corrected chi connectivity index (χ1v) is 8.13. The van der Waals surface area contributed by atoms with Gasteiger partial charge in [-0.1, -0.05) is 6.07 Å². The maximum absolute atomic E-state index is 13.2. The van der Waals surface area contributed by atoms with Gasteiger partial charge in [-0.25, -0.2) is 4.39 Å². The second kappa shape index (κ2) is 7.59. The van der Waals surface area contributed by atoms with E-state index < -0.39 is 6.10 Å². The number of furan rings is 1. The molecule has 1 aliphatic heterocycles. The predicted molar refractivity (Wildman–Crippen MR) is 87.9 cm³/mol. The highest BCUT2D eigenvalue weighted by atomic mass is 19.1. The summed E-state index contributed by atoms with van der Waals surface area (Å²) in [4.78, 5) is 14.2. The summed E-state index contributed by atoms with van der Waals surface area (Å²) in [5, 5.41) is 12.9. The lowest BCUT2D eigenvalue weighted by atomic mass is 10.1. The molecule has 2 unspecified atom stereocenters. The van der Waals surface area contributed by atoms with E-state index in [2.05, 4.69) is 10.2 Å². The van der Waals surface area contributed by atoms with Gasteiger partial charge in [0.15, 0.2) is 0 Å². The lowest BCUT2D eigenvalue weighted by Gasteiger charge is -2.25. The number of aliphatic hydroxyl groups excluding tert-OH is 1. The van der Waals surface area contributed by atoms with E-state index in [0.717, 1.165) is 19.4 Å². The van der Waals surface area contributed by atoms with Crippen LogP contribution in [0.15, 0.2) is 47.1 Å². The van der Waals surface area contributed by atoms with Crippen molar-refractivity contribution in [1.29, 1.82) is 0 Å². The van der Waals surface area contributed by atoms with E-state index in [1.807, 2.05) is 0 Å². The minimum atomic E-state index is -0.670. The largest absolute Gasteiger partial charge is 0.467 e. The van der Waals surface area contributed by atoms with E-state index >= 15 is 0 Å². The van der Waals surface area contributed by atoms with Gasteiger partial charge in [0.05, 0.1) is 12.8 Å². The summed E-state index contributed by atoms with van der Waals surface area (Å²) >= 11 is 0. The highest BCUT2D eigenvalue weighted by Gasteiger charge is 2.29. The van der Waals surface area contributed by atoms with Crippen LogP contribution in [0.3, 0.4) is 0 Å². The zero-order chi connectivity index (χ0) is 16.9. The van der Waals surface area contributed by atoms with Crippen LogP contribution in [0, 0.1) is 5.82 Å². The zero-order valence-corrected chi connectivity index (χ0v) is 13.3. The van der Waals surface area contributed by atoms with Gasteiger partial charge in [0, 0.05) is 11.7 Å². The Hall–Kier alpha value is -2.18. The van der Waals surface area contributed by atoms with Crippen LogP contribution in [0.2, 0.25) is 0 Å². The Balaban J connectivity index is 1.54. The first-order chi connectivity index (χ1) is 11.6. The monoisotopic (exact) mass is 332 g/mol. The molecule has 2 aromatic rings. The summed E-state index contributed by atoms with van der Waals surface area (Å²) in [6.07, 6.45) is 3.32. The Labute approximate surface area is 140 Å². The van der Waals surface area contributed by atoms with Crippen molar-refractivity contribution in [1.82, 2.24) is 4.90 Å². The van der Waals surface area contributed by atoms with Crippen molar-refractivity contribution >= 4 is 11.6 Å². The van der Waals surface area contributed by atoms with Crippen molar-refractivity contribution in [2.75, 3.05) is 18.4 Å². The van der Waals surface area contributed by atoms with Gasteiger partial charge in [0.2, 0.25) is 5.91 Å². The van der Waals surface area contributed by atoms with Gasteiger partial charge < -0.3 is 14.8 Å². The number of benzene rings is 1. The molecule has 0 bridgehead atoms. The van der Waals surface area contributed by atoms with E-state index in [1.165, 1.54) is 18.4 Å². The summed E-state index contributed by atoms with van der Waals surface area (Å²) in [6.45, 7) is 1.04. The molecule has 128 valence electrons. The normalized spacial score (nSPS) is 19.3. The van der Waals surface area contributed by atoms with Crippen molar-refractivity contribution in [3.8, 4) is 0 Å². The second-order valence-corrected chi connectivity index (χ2v) is 6.09. The van der Waals surface area contributed by atoms with Crippen LogP contribution in [-0.4, -0.2) is 35.0 Å². The maximum Gasteiger partial charge on any atom is 0.238 e. The number of amides is 1. The number of halogens is 1. The predicted octanol–water partition coefficient (Wildman–Crippen LogP) is 2.95. The SMILES string of the molecule is O=C(CN1CCCC1CC(O)c1ccco1)Nc1cccc(F)c1. The number of rotatable bonds is 6. The number of hydrogen-bond donors (Lipinski definition) is 2. The molecule has 3 rings (SSSR count). The molecular weight excluding hydrogens is 311 g/mol. The average molecular weight is 332 g/mol. The Morgan fingerprint density at radius 2 is 2.29 bits per heavy atom. The molecule has 0 spiro atoms. The number of anilines is 1. The molecule has 1 fully saturated rings. The highest BCUT2D eigenvalue weighted by molar-refractivity contribution is 5.92. The third-order valence-corrected chi connectivity index (χ3v) is 4.32. The molecule has 5 nitrogen and oxygen atoms in total. The van der Waals surface area contributed by atoms with Crippen molar-refractivity contribution in [2.45, 2.75) is 31.4 Å². The van der Waals surface area contributed by atoms with Crippen molar-refractivity contribution in [3.63, 3.8) is 0 Å². The Bertz CT molecular complexity index is 675. The molecular formula is C18H21FN2O3. The molecule has 6 heteroatoms. The first kappa shape index (κ1) is 16.7. The molecule has 2 heterocycles. The van der Waals surface area contributed by atoms with Crippen LogP contribution in [0.25, 0.3) is 0 Å². The standard InChI is InChI=1S/C18H21FN2O3/c19-13-4-1-5-14(10-13)20-18(23)12-21-8-2-6-15(21)11-16(22)17-7-3-9-24-17/h1,3-5,7,9-10,15-16,22H,2,6,8,11-12H2,(H,20,23). The van der Waals surface area contributed by atoms with Gasteiger partial charge in [-0.05, 0) is 56.1 Å². The molecule has 0 aliphatic carbocycles. The Kier molecular flexibility index (Phi) is 5.27. The van der Waals surface area contributed by atoms with Crippen LogP contribution >= 0.6 is 0 Å². The number of nitrogens with one attached hydrogen (secondary N) is 1. The molecule has 0 radical (unpaired) electrons. The summed E-state index contributed by atoms with van der Waals surface area (Å²) in [7, 11) is 0. The molecule has 24 heavy (non-hydrogen) atoms. The van der Waals surface area contributed by atoms with Crippen LogP contribution in [-0.2, 0) is 4.79 Å². The van der Waals surface area contributed by atoms with E-state index in [-0.39, 0.29) is 24.3 Å². The first-order valence-electron chi connectivity index (χ1n) is 8.13. The van der Waals surface area contributed by atoms with Gasteiger partial charge in [-0.2, -0.15) is 0 Å². The van der Waals surface area contributed by atoms with E-state index in [0.29, 0.717) is 17.9 Å². The van der Waals surface area contributed by atoms with Gasteiger partial charge in [0.1, 0.15) is 17.7 Å². The Morgan fingerprint density at radius 3 is 3.04 bits per heavy atom. The fourth-order valence-electron chi connectivity index (χ4n) is 3.18. The second-order valence-electron chi connectivity index (χ2n) is 6.09. The van der Waals surface area contributed by atoms with E-state index in [4.69, 9.17) is 4.42 Å². The molecule has 2 atom stereocenters. The molecule has 0 saturated carbocycles. The summed E-state index contributed by atoms with van der Waals surface area (Å²) in [5.74, 6) is -0.0144. The maximum atomic E-state index is 13.2. The van der Waals surface area contributed by atoms with Gasteiger partial charge in [0.25, 0.3) is 0 Å². The number of carbonyl (C=O) groups excluding carboxylic acids is 1. The van der Waals surface area contributed by atoms with Crippen LogP contribution in [0.5, 0.6) is 0 Å². The fraction of sp³-hybridized carbons (Fsp3) is 0.389. The molecule has 2 N–H and O–H groups in total. The number of likely N-dealkylation sites (tertiary alicyclic amines) is 1. The van der Waals surface area contributed by atoms with Crippen molar-refractivity contribution in [3.05, 3.63) is 54.2 Å². The van der Waals surface area contributed by atoms with Crippen molar-refractivity contribution in [2.24, 2.45) is 0 Å². The third-order valence-electron chi connectivity index (χ3n) is 4.32. The quantitative estimate of drug-likeness (QED) is 0.853. The van der Waals surface area contributed by atoms with E-state index in [9.17, 15) is 14.3 Å². The fourth-order valence-corrected chi connectivity index (χ4v) is 3.18. The topological polar surface area (TPSA) is 65.7 Å². The summed E-state index contributed by atoms with van der Waals surface area (Å²) in [6, 6.07) is 9.47. The average Bonchev–Trinajstić information content (AvgIpc) is 3.19. The number of nitrogens with zero attached hydrogens (tertiary/aromatic N) is 1. The number of hydrogen-bond acceptors (Lipinski definition) is 4. The molecule has 1 aromatic heterocycles. The van der Waals surface area contributed by atoms with Gasteiger partial charge in [-0.3, -0.25) is 9.69 Å². The molecule has 1 aromatic carbocycles. The Morgan fingerprint density at radius 1 is 1.42 bits per heavy atom. The minimum Gasteiger partial charge on any atom is -0.467 e. The lowest BCUT2D eigenvalue weighted by Crippen LogP contribution is -2.37. The minimum absolute atomic E-state index is 0.128. The smallest absolute Gasteiger partial charge is 0.238 e. The van der Waals surface area contributed by atoms with Crippen LogP contribution in [0.1, 0.15) is 31.1 Å². The zero-order valence-electron chi connectivity index (χ0n) is 13.3. The van der Waals surface area contributed by atoms with Crippen molar-refractivity contribution < 1.29 is 18.7 Å². The lowest BCUT2D eigenvalue weighted by molar-refractivity contribution is -0.117. The molecule has 1 aliphatic rings. The number of aliphatic hydroxyl groups is 1. The van der Waals surface area contributed by atoms with Gasteiger partial charge in [-0.15, -0.1) is 0 Å². The van der Waals surface area contributed by atoms with Crippen LogP contribution in [0.4, 0.5) is 10.1 Å².